The number of carbonyl (C=O) groups excluding carboxylic acids is 1. The van der Waals surface area contributed by atoms with Gasteiger partial charge in [-0.15, -0.1) is 0 Å². The smallest absolute Gasteiger partial charge is 0.248 e. The fourth-order valence-corrected chi connectivity index (χ4v) is 0.825. The molecule has 0 amide bonds. The first-order valence-corrected chi connectivity index (χ1v) is 3.62. The number of aldehydes is 1. The fraction of sp³-hybridized carbons (Fsp3) is 0.111. The average molecular weight is 163 g/mol. The summed E-state index contributed by atoms with van der Waals surface area (Å²) in [5.41, 5.74) is 0.670. The second-order valence-corrected chi connectivity index (χ2v) is 2.29. The van der Waals surface area contributed by atoms with Gasteiger partial charge in [-0.05, 0) is 11.6 Å². The van der Waals surface area contributed by atoms with Gasteiger partial charge in [0.25, 0.3) is 0 Å². The van der Waals surface area contributed by atoms with Gasteiger partial charge in [0.1, 0.15) is 6.29 Å². The van der Waals surface area contributed by atoms with E-state index in [-0.39, 0.29) is 5.56 Å². The van der Waals surface area contributed by atoms with Crippen LogP contribution in [0.4, 0.5) is 0 Å². The Morgan fingerprint density at radius 3 is 3.00 bits per heavy atom. The molecular formula is C9H9NO2. The van der Waals surface area contributed by atoms with Gasteiger partial charge in [0.15, 0.2) is 0 Å². The SMILES string of the molecule is O=CCC=Cc1cc[nH]c(=O)c1. The first kappa shape index (κ1) is 8.46. The zero-order valence-corrected chi connectivity index (χ0v) is 6.49. The number of hydrogen-bond acceptors (Lipinski definition) is 2. The van der Waals surface area contributed by atoms with Gasteiger partial charge in [0.2, 0.25) is 5.56 Å². The van der Waals surface area contributed by atoms with E-state index in [0.29, 0.717) is 6.42 Å². The molecule has 0 aliphatic heterocycles. The second kappa shape index (κ2) is 4.28. The maximum absolute atomic E-state index is 10.8. The molecule has 1 heterocycles. The van der Waals surface area contributed by atoms with E-state index in [1.165, 1.54) is 6.07 Å². The van der Waals surface area contributed by atoms with Crippen LogP contribution >= 0.6 is 0 Å². The van der Waals surface area contributed by atoms with E-state index in [4.69, 9.17) is 0 Å². The quantitative estimate of drug-likeness (QED) is 0.675. The number of pyridine rings is 1. The van der Waals surface area contributed by atoms with Crippen LogP contribution in [0.15, 0.2) is 29.2 Å². The highest BCUT2D eigenvalue weighted by atomic mass is 16.1. The summed E-state index contributed by atoms with van der Waals surface area (Å²) in [7, 11) is 0. The molecule has 0 radical (unpaired) electrons. The minimum absolute atomic E-state index is 0.136. The van der Waals surface area contributed by atoms with Crippen LogP contribution in [0.1, 0.15) is 12.0 Å². The number of carbonyl (C=O) groups is 1. The Balaban J connectivity index is 2.75. The van der Waals surface area contributed by atoms with E-state index < -0.39 is 0 Å². The van der Waals surface area contributed by atoms with Gasteiger partial charge >= 0.3 is 0 Å². The third kappa shape index (κ3) is 2.54. The standard InChI is InChI=1S/C9H9NO2/c11-6-2-1-3-8-4-5-10-9(12)7-8/h1,3-7H,2H2,(H,10,12). The molecule has 3 nitrogen and oxygen atoms in total. The number of hydrogen-bond donors (Lipinski definition) is 1. The number of H-pyrrole nitrogens is 1. The summed E-state index contributed by atoms with van der Waals surface area (Å²) in [5.74, 6) is 0. The molecule has 0 atom stereocenters. The Kier molecular flexibility index (Phi) is 3.02. The number of allylic oxidation sites excluding steroid dienone is 1. The molecule has 12 heavy (non-hydrogen) atoms. The van der Waals surface area contributed by atoms with Crippen molar-refractivity contribution in [3.05, 3.63) is 40.3 Å². The van der Waals surface area contributed by atoms with Crippen LogP contribution in [-0.2, 0) is 4.79 Å². The first-order chi connectivity index (χ1) is 5.83. The Labute approximate surface area is 69.7 Å². The van der Waals surface area contributed by atoms with Crippen LogP contribution in [0.5, 0.6) is 0 Å². The summed E-state index contributed by atoms with van der Waals surface area (Å²) in [6.45, 7) is 0. The van der Waals surface area contributed by atoms with Crippen LogP contribution in [0.25, 0.3) is 6.08 Å². The maximum atomic E-state index is 10.8. The second-order valence-electron chi connectivity index (χ2n) is 2.29. The van der Waals surface area contributed by atoms with Gasteiger partial charge in [-0.2, -0.15) is 0 Å². The van der Waals surface area contributed by atoms with Gasteiger partial charge in [0.05, 0.1) is 0 Å². The van der Waals surface area contributed by atoms with Gasteiger partial charge in [-0.1, -0.05) is 12.2 Å². The predicted molar refractivity (Wildman–Crippen MR) is 46.8 cm³/mol. The highest BCUT2D eigenvalue weighted by Gasteiger charge is 1.85. The molecule has 1 rings (SSSR count). The van der Waals surface area contributed by atoms with E-state index in [0.717, 1.165) is 11.8 Å². The highest BCUT2D eigenvalue weighted by molar-refractivity contribution is 5.57. The van der Waals surface area contributed by atoms with Crippen molar-refractivity contribution in [2.75, 3.05) is 0 Å². The molecule has 1 aromatic rings. The molecule has 0 fully saturated rings. The zero-order chi connectivity index (χ0) is 8.81. The number of aromatic amines is 1. The van der Waals surface area contributed by atoms with Crippen LogP contribution in [0.2, 0.25) is 0 Å². The first-order valence-electron chi connectivity index (χ1n) is 3.62. The van der Waals surface area contributed by atoms with Gasteiger partial charge in [-0.25, -0.2) is 0 Å². The lowest BCUT2D eigenvalue weighted by molar-refractivity contribution is -0.107. The van der Waals surface area contributed by atoms with Crippen LogP contribution in [0.3, 0.4) is 0 Å². The van der Waals surface area contributed by atoms with Gasteiger partial charge in [-0.3, -0.25) is 4.79 Å². The Bertz CT molecular complexity index is 338. The normalized spacial score (nSPS) is 10.3. The molecule has 0 saturated heterocycles. The lowest BCUT2D eigenvalue weighted by atomic mass is 10.2. The summed E-state index contributed by atoms with van der Waals surface area (Å²) in [4.78, 5) is 23.2. The van der Waals surface area contributed by atoms with Crippen LogP contribution < -0.4 is 5.56 Å². The minimum atomic E-state index is -0.136. The Hall–Kier alpha value is -1.64. The molecule has 62 valence electrons. The van der Waals surface area contributed by atoms with Gasteiger partial charge in [0, 0.05) is 18.7 Å². The molecular weight excluding hydrogens is 154 g/mol. The minimum Gasteiger partial charge on any atom is -0.329 e. The topological polar surface area (TPSA) is 49.9 Å². The summed E-state index contributed by atoms with van der Waals surface area (Å²) in [6, 6.07) is 3.24. The van der Waals surface area contributed by atoms with Crippen molar-refractivity contribution >= 4 is 12.4 Å². The molecule has 0 saturated carbocycles. The maximum Gasteiger partial charge on any atom is 0.248 e. The fourth-order valence-electron chi connectivity index (χ4n) is 0.825. The Morgan fingerprint density at radius 1 is 1.50 bits per heavy atom. The lowest BCUT2D eigenvalue weighted by Gasteiger charge is -1.88. The Morgan fingerprint density at radius 2 is 2.33 bits per heavy atom. The van der Waals surface area contributed by atoms with Crippen molar-refractivity contribution in [1.82, 2.24) is 4.98 Å². The molecule has 1 N–H and O–H groups in total. The van der Waals surface area contributed by atoms with E-state index in [1.54, 1.807) is 24.4 Å². The third-order valence-corrected chi connectivity index (χ3v) is 1.34. The summed E-state index contributed by atoms with van der Waals surface area (Å²) in [6.07, 6.45) is 6.21. The van der Waals surface area contributed by atoms with E-state index in [9.17, 15) is 9.59 Å². The van der Waals surface area contributed by atoms with Crippen LogP contribution in [-0.4, -0.2) is 11.3 Å². The highest BCUT2D eigenvalue weighted by Crippen LogP contribution is 1.96. The molecule has 0 aliphatic carbocycles. The van der Waals surface area contributed by atoms with E-state index >= 15 is 0 Å². The molecule has 1 aromatic heterocycles. The van der Waals surface area contributed by atoms with Crippen molar-refractivity contribution in [3.63, 3.8) is 0 Å². The average Bonchev–Trinajstić information content (AvgIpc) is 2.05. The molecule has 0 unspecified atom stereocenters. The van der Waals surface area contributed by atoms with Crippen LogP contribution in [0, 0.1) is 0 Å². The summed E-state index contributed by atoms with van der Waals surface area (Å²) < 4.78 is 0. The number of aromatic nitrogens is 1. The largest absolute Gasteiger partial charge is 0.329 e. The van der Waals surface area contributed by atoms with E-state index in [2.05, 4.69) is 4.98 Å². The van der Waals surface area contributed by atoms with Gasteiger partial charge < -0.3 is 9.78 Å². The van der Waals surface area contributed by atoms with Crippen molar-refractivity contribution in [3.8, 4) is 0 Å². The van der Waals surface area contributed by atoms with E-state index in [1.807, 2.05) is 0 Å². The molecule has 0 aliphatic rings. The molecule has 0 spiro atoms. The van der Waals surface area contributed by atoms with Crippen molar-refractivity contribution in [2.45, 2.75) is 6.42 Å². The molecule has 3 heteroatoms. The monoisotopic (exact) mass is 163 g/mol. The number of rotatable bonds is 3. The number of nitrogens with one attached hydrogen (secondary N) is 1. The van der Waals surface area contributed by atoms with Crippen molar-refractivity contribution in [2.24, 2.45) is 0 Å². The summed E-state index contributed by atoms with van der Waals surface area (Å²) in [5, 5.41) is 0. The van der Waals surface area contributed by atoms with Crippen molar-refractivity contribution in [1.29, 1.82) is 0 Å². The summed E-state index contributed by atoms with van der Waals surface area (Å²) >= 11 is 0. The molecule has 0 bridgehead atoms. The predicted octanol–water partition coefficient (Wildman–Crippen LogP) is 0.977. The lowest BCUT2D eigenvalue weighted by Crippen LogP contribution is -2.01. The van der Waals surface area contributed by atoms with Crippen molar-refractivity contribution < 1.29 is 4.79 Å². The molecule has 0 aromatic carbocycles. The zero-order valence-electron chi connectivity index (χ0n) is 6.49. The third-order valence-electron chi connectivity index (χ3n) is 1.34.